The highest BCUT2D eigenvalue weighted by Gasteiger charge is 2.37. The van der Waals surface area contributed by atoms with Gasteiger partial charge in [0.2, 0.25) is 0 Å². The third-order valence-corrected chi connectivity index (χ3v) is 2.50. The van der Waals surface area contributed by atoms with Gasteiger partial charge in [-0.25, -0.2) is 13.8 Å². The Morgan fingerprint density at radius 1 is 1.38 bits per heavy atom. The van der Waals surface area contributed by atoms with E-state index in [1.807, 2.05) is 0 Å². The summed E-state index contributed by atoms with van der Waals surface area (Å²) in [5.41, 5.74) is -3.25. The highest BCUT2D eigenvalue weighted by molar-refractivity contribution is 14.1. The maximum absolute atomic E-state index is 12.4. The highest BCUT2D eigenvalue weighted by atomic mass is 127. The van der Waals surface area contributed by atoms with E-state index in [4.69, 9.17) is 0 Å². The molecule has 0 amide bonds. The zero-order chi connectivity index (χ0) is 12.5. The molecule has 0 atom stereocenters. The van der Waals surface area contributed by atoms with Crippen LogP contribution in [0.4, 0.5) is 22.0 Å². The summed E-state index contributed by atoms with van der Waals surface area (Å²) < 4.78 is 61.6. The van der Waals surface area contributed by atoms with E-state index in [-0.39, 0.29) is 6.29 Å². The van der Waals surface area contributed by atoms with Gasteiger partial charge in [-0.1, -0.05) is 0 Å². The number of rotatable bonds is 2. The van der Waals surface area contributed by atoms with Gasteiger partial charge < -0.3 is 0 Å². The summed E-state index contributed by atoms with van der Waals surface area (Å²) in [6, 6.07) is 0.316. The molecule has 0 aliphatic heterocycles. The summed E-state index contributed by atoms with van der Waals surface area (Å²) in [4.78, 5) is 13.6. The molecule has 88 valence electrons. The third-order valence-electron chi connectivity index (χ3n) is 1.68. The molecule has 1 rings (SSSR count). The molecule has 1 heterocycles. The van der Waals surface area contributed by atoms with Gasteiger partial charge in [-0.3, -0.25) is 4.79 Å². The average Bonchev–Trinajstić information content (AvgIpc) is 2.14. The van der Waals surface area contributed by atoms with E-state index >= 15 is 0 Å². The first kappa shape index (κ1) is 13.3. The van der Waals surface area contributed by atoms with Gasteiger partial charge in [0.15, 0.2) is 6.29 Å². The van der Waals surface area contributed by atoms with Crippen LogP contribution in [0.1, 0.15) is 28.0 Å². The molecule has 1 aromatic heterocycles. The standard InChI is InChI=1S/C8H3F5INO/c9-6(10)5-4(8(11,12)13)1-3(2-16)15-7(5)14/h1-2,6H. The van der Waals surface area contributed by atoms with Crippen LogP contribution in [0.15, 0.2) is 6.07 Å². The summed E-state index contributed by atoms with van der Waals surface area (Å²) in [6.07, 6.45) is -8.16. The molecule has 0 spiro atoms. The molecule has 0 saturated carbocycles. The van der Waals surface area contributed by atoms with Gasteiger partial charge in [0, 0.05) is 0 Å². The number of alkyl halides is 5. The van der Waals surface area contributed by atoms with Crippen molar-refractivity contribution in [3.05, 3.63) is 26.6 Å². The van der Waals surface area contributed by atoms with Crippen LogP contribution >= 0.6 is 22.6 Å². The van der Waals surface area contributed by atoms with Gasteiger partial charge in [-0.15, -0.1) is 0 Å². The molecular weight excluding hydrogens is 348 g/mol. The Kier molecular flexibility index (Phi) is 3.81. The van der Waals surface area contributed by atoms with Crippen molar-refractivity contribution in [2.75, 3.05) is 0 Å². The molecule has 0 N–H and O–H groups in total. The lowest BCUT2D eigenvalue weighted by atomic mass is 10.1. The van der Waals surface area contributed by atoms with Gasteiger partial charge in [-0.05, 0) is 28.7 Å². The SMILES string of the molecule is O=Cc1cc(C(F)(F)F)c(C(F)F)c(I)n1. The minimum Gasteiger partial charge on any atom is -0.296 e. The molecule has 8 heteroatoms. The van der Waals surface area contributed by atoms with Gasteiger partial charge in [0.05, 0.1) is 11.1 Å². The Hall–Kier alpha value is -0.800. The first-order valence-electron chi connectivity index (χ1n) is 3.78. The number of pyridine rings is 1. The van der Waals surface area contributed by atoms with Crippen molar-refractivity contribution in [1.82, 2.24) is 4.98 Å². The second-order valence-electron chi connectivity index (χ2n) is 2.72. The van der Waals surface area contributed by atoms with E-state index in [1.54, 1.807) is 0 Å². The third kappa shape index (κ3) is 2.66. The fraction of sp³-hybridized carbons (Fsp3) is 0.250. The Balaban J connectivity index is 3.53. The van der Waals surface area contributed by atoms with Crippen LogP contribution in [0.3, 0.4) is 0 Å². The molecule has 0 bridgehead atoms. The summed E-state index contributed by atoms with van der Waals surface area (Å²) in [5.74, 6) is 0. The van der Waals surface area contributed by atoms with Gasteiger partial charge in [-0.2, -0.15) is 13.2 Å². The van der Waals surface area contributed by atoms with E-state index in [0.29, 0.717) is 6.07 Å². The predicted molar refractivity (Wildman–Crippen MR) is 52.3 cm³/mol. The Morgan fingerprint density at radius 3 is 2.31 bits per heavy atom. The van der Waals surface area contributed by atoms with E-state index in [0.717, 1.165) is 0 Å². The summed E-state index contributed by atoms with van der Waals surface area (Å²) in [5, 5.41) is 0. The van der Waals surface area contributed by atoms with Crippen molar-refractivity contribution in [2.24, 2.45) is 0 Å². The Morgan fingerprint density at radius 2 is 1.94 bits per heavy atom. The van der Waals surface area contributed by atoms with Crippen LogP contribution in [0.2, 0.25) is 0 Å². The topological polar surface area (TPSA) is 30.0 Å². The van der Waals surface area contributed by atoms with Gasteiger partial charge >= 0.3 is 6.18 Å². The zero-order valence-electron chi connectivity index (χ0n) is 7.36. The molecule has 0 fully saturated rings. The Labute approximate surface area is 100.0 Å². The maximum atomic E-state index is 12.4. The first-order chi connectivity index (χ1) is 7.27. The fourth-order valence-electron chi connectivity index (χ4n) is 1.05. The number of hydrogen-bond donors (Lipinski definition) is 0. The van der Waals surface area contributed by atoms with Crippen molar-refractivity contribution < 1.29 is 26.7 Å². The smallest absolute Gasteiger partial charge is 0.296 e. The van der Waals surface area contributed by atoms with Crippen LogP contribution in [0.5, 0.6) is 0 Å². The molecule has 0 radical (unpaired) electrons. The van der Waals surface area contributed by atoms with Crippen LogP contribution in [-0.4, -0.2) is 11.3 Å². The number of carbonyl (C=O) groups excluding carboxylic acids is 1. The number of carbonyl (C=O) groups is 1. The fourth-order valence-corrected chi connectivity index (χ4v) is 1.85. The second-order valence-corrected chi connectivity index (χ2v) is 3.74. The normalized spacial score (nSPS) is 11.9. The molecule has 2 nitrogen and oxygen atoms in total. The maximum Gasteiger partial charge on any atom is 0.417 e. The van der Waals surface area contributed by atoms with Crippen LogP contribution in [-0.2, 0) is 6.18 Å². The first-order valence-corrected chi connectivity index (χ1v) is 4.86. The minimum atomic E-state index is -4.94. The van der Waals surface area contributed by atoms with E-state index in [9.17, 15) is 26.7 Å². The molecule has 0 aliphatic carbocycles. The molecule has 16 heavy (non-hydrogen) atoms. The zero-order valence-corrected chi connectivity index (χ0v) is 9.51. The predicted octanol–water partition coefficient (Wildman–Crippen LogP) is 3.46. The van der Waals surface area contributed by atoms with Crippen molar-refractivity contribution in [1.29, 1.82) is 0 Å². The van der Waals surface area contributed by atoms with E-state index < -0.39 is 33.1 Å². The largest absolute Gasteiger partial charge is 0.417 e. The number of nitrogens with zero attached hydrogens (tertiary/aromatic N) is 1. The van der Waals surface area contributed by atoms with Gasteiger partial charge in [0.1, 0.15) is 9.39 Å². The van der Waals surface area contributed by atoms with Crippen LogP contribution < -0.4 is 0 Å². The summed E-state index contributed by atoms with van der Waals surface area (Å²) in [6.45, 7) is 0. The second kappa shape index (κ2) is 4.60. The molecule has 0 unspecified atom stereocenters. The van der Waals surface area contributed by atoms with Crippen molar-refractivity contribution in [3.63, 3.8) is 0 Å². The molecule has 1 aromatic rings. The molecular formula is C8H3F5INO. The lowest BCUT2D eigenvalue weighted by Gasteiger charge is -2.13. The minimum absolute atomic E-state index is 0.0760. The van der Waals surface area contributed by atoms with Crippen LogP contribution in [0, 0.1) is 3.70 Å². The summed E-state index contributed by atoms with van der Waals surface area (Å²) >= 11 is 1.24. The highest BCUT2D eigenvalue weighted by Crippen LogP contribution is 2.38. The van der Waals surface area contributed by atoms with Crippen LogP contribution in [0.25, 0.3) is 0 Å². The van der Waals surface area contributed by atoms with Gasteiger partial charge in [0.25, 0.3) is 6.43 Å². The quantitative estimate of drug-likeness (QED) is 0.354. The lowest BCUT2D eigenvalue weighted by molar-refractivity contribution is -0.139. The van der Waals surface area contributed by atoms with Crippen molar-refractivity contribution >= 4 is 28.9 Å². The van der Waals surface area contributed by atoms with E-state index in [2.05, 4.69) is 4.98 Å². The van der Waals surface area contributed by atoms with E-state index in [1.165, 1.54) is 22.6 Å². The molecule has 0 aliphatic rings. The van der Waals surface area contributed by atoms with Crippen molar-refractivity contribution in [2.45, 2.75) is 12.6 Å². The lowest BCUT2D eigenvalue weighted by Crippen LogP contribution is -2.13. The summed E-state index contributed by atoms with van der Waals surface area (Å²) in [7, 11) is 0. The number of aldehydes is 1. The Bertz CT molecular complexity index is 418. The number of aromatic nitrogens is 1. The molecule has 0 saturated heterocycles. The average molecular weight is 351 g/mol. The monoisotopic (exact) mass is 351 g/mol. The number of halogens is 6. The van der Waals surface area contributed by atoms with Crippen molar-refractivity contribution in [3.8, 4) is 0 Å². The number of hydrogen-bond acceptors (Lipinski definition) is 2. The molecule has 0 aromatic carbocycles.